The van der Waals surface area contributed by atoms with Crippen LogP contribution in [-0.2, 0) is 23.8 Å². The lowest BCUT2D eigenvalue weighted by molar-refractivity contribution is -0.142. The maximum atomic E-state index is 13.5. The van der Waals surface area contributed by atoms with Gasteiger partial charge in [-0.05, 0) is 38.0 Å². The van der Waals surface area contributed by atoms with Crippen LogP contribution in [0.1, 0.15) is 52.9 Å². The summed E-state index contributed by atoms with van der Waals surface area (Å²) in [6.45, 7) is 8.80. The van der Waals surface area contributed by atoms with Gasteiger partial charge in [0.1, 0.15) is 18.3 Å². The quantitative estimate of drug-likeness (QED) is 0.478. The van der Waals surface area contributed by atoms with E-state index in [2.05, 4.69) is 19.2 Å². The molecular weight excluding hydrogens is 454 g/mol. The molecule has 10 nitrogen and oxygen atoms in total. The van der Waals surface area contributed by atoms with E-state index in [-0.39, 0.29) is 43.6 Å². The Hall–Kier alpha value is -1.30. The predicted octanol–water partition coefficient (Wildman–Crippen LogP) is 0.394. The Morgan fingerprint density at radius 3 is 2.43 bits per heavy atom. The third kappa shape index (κ3) is 10.3. The van der Waals surface area contributed by atoms with E-state index in [1.165, 1.54) is 14.0 Å². The van der Waals surface area contributed by atoms with Crippen LogP contribution in [-0.4, -0.2) is 122 Å². The fourth-order valence-electron chi connectivity index (χ4n) is 4.75. The molecule has 204 valence electrons. The Morgan fingerprint density at radius 1 is 1.09 bits per heavy atom. The number of nitrogens with zero attached hydrogens (tertiary/aromatic N) is 2. The highest BCUT2D eigenvalue weighted by Crippen LogP contribution is 2.18. The number of hydrogen-bond acceptors (Lipinski definition) is 8. The minimum absolute atomic E-state index is 0.0191. The van der Waals surface area contributed by atoms with Crippen molar-refractivity contribution in [3.05, 3.63) is 0 Å². The molecule has 2 amide bonds. The molecule has 2 saturated heterocycles. The largest absolute Gasteiger partial charge is 0.388 e. The van der Waals surface area contributed by atoms with E-state index < -0.39 is 18.3 Å². The van der Waals surface area contributed by atoms with E-state index in [4.69, 9.17) is 14.2 Å². The normalized spacial score (nSPS) is 28.7. The Bertz CT molecular complexity index is 630. The molecule has 0 bridgehead atoms. The van der Waals surface area contributed by atoms with E-state index in [1.807, 2.05) is 4.90 Å². The van der Waals surface area contributed by atoms with E-state index in [0.29, 0.717) is 38.8 Å². The molecule has 0 unspecified atom stereocenters. The molecular formula is C25H47N3O7. The number of carbonyl (C=O) groups excluding carboxylic acids is 2. The summed E-state index contributed by atoms with van der Waals surface area (Å²) in [4.78, 5) is 29.6. The van der Waals surface area contributed by atoms with Gasteiger partial charge >= 0.3 is 0 Å². The molecule has 0 spiro atoms. The zero-order valence-electron chi connectivity index (χ0n) is 22.0. The molecule has 10 heteroatoms. The maximum absolute atomic E-state index is 13.5. The summed E-state index contributed by atoms with van der Waals surface area (Å²) >= 11 is 0. The number of carbonyl (C=O) groups is 2. The first-order valence-corrected chi connectivity index (χ1v) is 13.1. The monoisotopic (exact) mass is 501 g/mol. The highest BCUT2D eigenvalue weighted by atomic mass is 16.5. The first-order chi connectivity index (χ1) is 16.7. The fraction of sp³-hybridized carbons (Fsp3) is 0.920. The van der Waals surface area contributed by atoms with Gasteiger partial charge in [-0.3, -0.25) is 9.59 Å². The molecule has 2 aliphatic heterocycles. The van der Waals surface area contributed by atoms with Crippen LogP contribution in [0.3, 0.4) is 0 Å². The predicted molar refractivity (Wildman–Crippen MR) is 132 cm³/mol. The van der Waals surface area contributed by atoms with Crippen molar-refractivity contribution in [2.24, 2.45) is 5.92 Å². The third-order valence-electron chi connectivity index (χ3n) is 6.85. The molecule has 0 aromatic rings. The van der Waals surface area contributed by atoms with Gasteiger partial charge in [-0.25, -0.2) is 0 Å². The second kappa shape index (κ2) is 15.7. The molecule has 35 heavy (non-hydrogen) atoms. The van der Waals surface area contributed by atoms with Gasteiger partial charge in [0.25, 0.3) is 0 Å². The molecule has 2 rings (SSSR count). The highest BCUT2D eigenvalue weighted by Gasteiger charge is 2.33. The van der Waals surface area contributed by atoms with Crippen LogP contribution in [0.4, 0.5) is 0 Å². The minimum atomic E-state index is -1.20. The van der Waals surface area contributed by atoms with Crippen LogP contribution in [0.25, 0.3) is 0 Å². The summed E-state index contributed by atoms with van der Waals surface area (Å²) in [6, 6.07) is 0.0970. The Labute approximate surface area is 210 Å². The van der Waals surface area contributed by atoms with Crippen LogP contribution in [0.2, 0.25) is 0 Å². The number of hydrogen-bond donors (Lipinski definition) is 3. The molecule has 0 radical (unpaired) electrons. The number of rotatable bonds is 6. The number of aliphatic hydroxyl groups is 2. The zero-order valence-corrected chi connectivity index (χ0v) is 22.0. The average Bonchev–Trinajstić information content (AvgIpc) is 2.83. The maximum Gasteiger partial charge on any atom is 0.236 e. The zero-order chi connectivity index (χ0) is 25.8. The number of nitrogens with one attached hydrogen (secondary N) is 1. The van der Waals surface area contributed by atoms with Crippen molar-refractivity contribution in [2.75, 3.05) is 59.7 Å². The molecule has 2 heterocycles. The number of aliphatic hydroxyl groups excluding tert-OH is 2. The number of ether oxygens (including phenoxy) is 3. The van der Waals surface area contributed by atoms with Gasteiger partial charge in [0, 0.05) is 65.6 Å². The van der Waals surface area contributed by atoms with Gasteiger partial charge in [0.2, 0.25) is 11.8 Å². The van der Waals surface area contributed by atoms with E-state index >= 15 is 0 Å². The molecule has 0 aromatic carbocycles. The van der Waals surface area contributed by atoms with Crippen LogP contribution < -0.4 is 5.32 Å². The topological polar surface area (TPSA) is 121 Å². The first-order valence-electron chi connectivity index (χ1n) is 13.1. The van der Waals surface area contributed by atoms with Crippen LogP contribution >= 0.6 is 0 Å². The molecule has 4 atom stereocenters. The Morgan fingerprint density at radius 2 is 1.80 bits per heavy atom. The fourth-order valence-corrected chi connectivity index (χ4v) is 4.75. The van der Waals surface area contributed by atoms with Crippen molar-refractivity contribution in [1.82, 2.24) is 15.1 Å². The SMILES string of the molecule is CO[C@@H]1CN(C(C)=O)C[C@@H](CC(C)C)N(C(=O)CNC2CCOCC2)CCCCOC[C@@H](O)[C@H]1O. The van der Waals surface area contributed by atoms with Crippen molar-refractivity contribution < 1.29 is 34.0 Å². The van der Waals surface area contributed by atoms with Crippen molar-refractivity contribution in [3.63, 3.8) is 0 Å². The van der Waals surface area contributed by atoms with Gasteiger partial charge in [0.15, 0.2) is 0 Å². The smallest absolute Gasteiger partial charge is 0.236 e. The van der Waals surface area contributed by atoms with Crippen molar-refractivity contribution in [2.45, 2.75) is 83.3 Å². The standard InChI is InChI=1S/C25H47N3O7/c1-18(2)13-21-15-27(19(3)29)16-23(33-4)25(32)22(30)17-35-10-6-5-9-28(21)24(31)14-26-20-7-11-34-12-8-20/h18,20-23,25-26,30,32H,5-17H2,1-4H3/t21-,22-,23-,25-/m1/s1. The molecule has 0 aromatic heterocycles. The molecule has 2 fully saturated rings. The summed E-state index contributed by atoms with van der Waals surface area (Å²) in [5.41, 5.74) is 0. The van der Waals surface area contributed by atoms with Gasteiger partial charge in [-0.1, -0.05) is 13.8 Å². The van der Waals surface area contributed by atoms with Crippen LogP contribution in [0.5, 0.6) is 0 Å². The van der Waals surface area contributed by atoms with Gasteiger partial charge in [-0.15, -0.1) is 0 Å². The van der Waals surface area contributed by atoms with Gasteiger partial charge < -0.3 is 39.5 Å². The Kier molecular flexibility index (Phi) is 13.5. The lowest BCUT2D eigenvalue weighted by atomic mass is 10.00. The highest BCUT2D eigenvalue weighted by molar-refractivity contribution is 5.79. The van der Waals surface area contributed by atoms with Crippen LogP contribution in [0, 0.1) is 5.92 Å². The van der Waals surface area contributed by atoms with Crippen LogP contribution in [0.15, 0.2) is 0 Å². The second-order valence-electron chi connectivity index (χ2n) is 10.2. The summed E-state index contributed by atoms with van der Waals surface area (Å²) in [6.07, 6.45) is 0.906. The lowest BCUT2D eigenvalue weighted by Crippen LogP contribution is -2.54. The summed E-state index contributed by atoms with van der Waals surface area (Å²) in [7, 11) is 1.45. The van der Waals surface area contributed by atoms with E-state index in [1.54, 1.807) is 4.90 Å². The number of methoxy groups -OCH3 is 1. The first kappa shape index (κ1) is 29.9. The molecule has 3 N–H and O–H groups in total. The van der Waals surface area contributed by atoms with Crippen molar-refractivity contribution in [1.29, 1.82) is 0 Å². The van der Waals surface area contributed by atoms with Gasteiger partial charge in [-0.2, -0.15) is 0 Å². The summed E-state index contributed by atoms with van der Waals surface area (Å²) < 4.78 is 16.4. The summed E-state index contributed by atoms with van der Waals surface area (Å²) in [5, 5.41) is 24.4. The number of amides is 2. The lowest BCUT2D eigenvalue weighted by Gasteiger charge is -2.39. The van der Waals surface area contributed by atoms with E-state index in [9.17, 15) is 19.8 Å². The average molecular weight is 502 g/mol. The second-order valence-corrected chi connectivity index (χ2v) is 10.2. The van der Waals surface area contributed by atoms with E-state index in [0.717, 1.165) is 32.1 Å². The van der Waals surface area contributed by atoms with Crippen molar-refractivity contribution in [3.8, 4) is 0 Å². The van der Waals surface area contributed by atoms with Gasteiger partial charge in [0.05, 0.1) is 13.2 Å². The van der Waals surface area contributed by atoms with Crippen molar-refractivity contribution >= 4 is 11.8 Å². The minimum Gasteiger partial charge on any atom is -0.388 e. The third-order valence-corrected chi connectivity index (χ3v) is 6.85. The molecule has 0 saturated carbocycles. The summed E-state index contributed by atoms with van der Waals surface area (Å²) in [5.74, 6) is 0.177. The molecule has 0 aliphatic carbocycles. The Balaban J connectivity index is 2.23. The molecule has 2 aliphatic rings.